The Morgan fingerprint density at radius 3 is 2.25 bits per heavy atom. The quantitative estimate of drug-likeness (QED) is 0.831. The first-order chi connectivity index (χ1) is 9.36. The van der Waals surface area contributed by atoms with Crippen molar-refractivity contribution in [1.29, 1.82) is 0 Å². The summed E-state index contributed by atoms with van der Waals surface area (Å²) in [5, 5.41) is 2.51. The highest BCUT2D eigenvalue weighted by Gasteiger charge is 2.13. The lowest BCUT2D eigenvalue weighted by atomic mass is 9.86. The van der Waals surface area contributed by atoms with Gasteiger partial charge >= 0.3 is 0 Å². The summed E-state index contributed by atoms with van der Waals surface area (Å²) in [5.74, 6) is 0.947. The first-order valence-electron chi connectivity index (χ1n) is 7.18. The van der Waals surface area contributed by atoms with Crippen LogP contribution in [-0.4, -0.2) is 32.1 Å². The molecule has 2 nitrogen and oxygen atoms in total. The molecule has 0 N–H and O–H groups in total. The molecule has 0 aliphatic carbocycles. The van der Waals surface area contributed by atoms with Crippen molar-refractivity contribution in [2.45, 2.75) is 26.2 Å². The molecular weight excluding hydrogens is 246 g/mol. The van der Waals surface area contributed by atoms with E-state index in [1.54, 1.807) is 0 Å². The van der Waals surface area contributed by atoms with Crippen molar-refractivity contribution >= 4 is 10.8 Å². The van der Waals surface area contributed by atoms with E-state index in [2.05, 4.69) is 76.2 Å². The molecule has 0 atom stereocenters. The topological polar surface area (TPSA) is 12.5 Å². The van der Waals surface area contributed by atoms with Crippen LogP contribution in [0.25, 0.3) is 10.8 Å². The molecule has 2 aromatic rings. The van der Waals surface area contributed by atoms with Crippen molar-refractivity contribution in [2.24, 2.45) is 0 Å². The van der Waals surface area contributed by atoms with Crippen LogP contribution in [0, 0.1) is 0 Å². The number of nitrogens with zero attached hydrogens (tertiary/aromatic N) is 1. The molecule has 0 spiro atoms. The van der Waals surface area contributed by atoms with Gasteiger partial charge < -0.3 is 9.64 Å². The molecule has 0 aliphatic heterocycles. The number of hydrogen-bond acceptors (Lipinski definition) is 2. The largest absolute Gasteiger partial charge is 0.492 e. The van der Waals surface area contributed by atoms with E-state index in [0.29, 0.717) is 0 Å². The van der Waals surface area contributed by atoms with Crippen LogP contribution < -0.4 is 4.74 Å². The summed E-state index contributed by atoms with van der Waals surface area (Å²) in [7, 11) is 4.11. The molecule has 0 aliphatic rings. The molecule has 0 saturated carbocycles. The van der Waals surface area contributed by atoms with Gasteiger partial charge in [-0.25, -0.2) is 0 Å². The molecule has 0 saturated heterocycles. The lowest BCUT2D eigenvalue weighted by molar-refractivity contribution is 0.261. The fourth-order valence-corrected chi connectivity index (χ4v) is 2.13. The Balaban J connectivity index is 2.19. The Morgan fingerprint density at radius 1 is 0.950 bits per heavy atom. The van der Waals surface area contributed by atoms with Crippen LogP contribution >= 0.6 is 0 Å². The van der Waals surface area contributed by atoms with Crippen LogP contribution in [0.15, 0.2) is 36.4 Å². The fourth-order valence-electron chi connectivity index (χ4n) is 2.13. The molecule has 0 fully saturated rings. The van der Waals surface area contributed by atoms with Gasteiger partial charge in [-0.2, -0.15) is 0 Å². The predicted octanol–water partition coefficient (Wildman–Crippen LogP) is 4.08. The first kappa shape index (κ1) is 14.9. The summed E-state index contributed by atoms with van der Waals surface area (Å²) in [6.45, 7) is 8.38. The summed E-state index contributed by atoms with van der Waals surface area (Å²) in [6.07, 6.45) is 0. The van der Waals surface area contributed by atoms with Gasteiger partial charge in [0.25, 0.3) is 0 Å². The molecule has 0 unspecified atom stereocenters. The van der Waals surface area contributed by atoms with Gasteiger partial charge in [0.15, 0.2) is 0 Å². The van der Waals surface area contributed by atoms with E-state index in [0.717, 1.165) is 18.9 Å². The summed E-state index contributed by atoms with van der Waals surface area (Å²) in [5.41, 5.74) is 1.56. The second-order valence-corrected chi connectivity index (χ2v) is 6.63. The monoisotopic (exact) mass is 271 g/mol. The Bertz CT molecular complexity index is 581. The predicted molar refractivity (Wildman–Crippen MR) is 86.7 cm³/mol. The van der Waals surface area contributed by atoms with E-state index in [4.69, 9.17) is 4.74 Å². The molecule has 0 aromatic heterocycles. The van der Waals surface area contributed by atoms with Crippen LogP contribution in [0.4, 0.5) is 0 Å². The zero-order chi connectivity index (χ0) is 14.8. The van der Waals surface area contributed by atoms with Gasteiger partial charge in [0, 0.05) is 6.54 Å². The van der Waals surface area contributed by atoms with Gasteiger partial charge in [-0.1, -0.05) is 45.0 Å². The average Bonchev–Trinajstić information content (AvgIpc) is 2.36. The molecular formula is C18H25NO. The lowest BCUT2D eigenvalue weighted by Gasteiger charge is -2.19. The molecule has 0 heterocycles. The molecule has 0 bridgehead atoms. The molecule has 20 heavy (non-hydrogen) atoms. The highest BCUT2D eigenvalue weighted by atomic mass is 16.5. The van der Waals surface area contributed by atoms with Crippen molar-refractivity contribution in [2.75, 3.05) is 27.2 Å². The maximum atomic E-state index is 5.78. The summed E-state index contributed by atoms with van der Waals surface area (Å²) >= 11 is 0. The van der Waals surface area contributed by atoms with Crippen molar-refractivity contribution in [3.63, 3.8) is 0 Å². The third kappa shape index (κ3) is 3.73. The molecule has 2 rings (SSSR count). The van der Waals surface area contributed by atoms with E-state index < -0.39 is 0 Å². The second kappa shape index (κ2) is 5.84. The Hall–Kier alpha value is -1.54. The van der Waals surface area contributed by atoms with Gasteiger partial charge in [0.2, 0.25) is 0 Å². The molecule has 2 heteroatoms. The zero-order valence-corrected chi connectivity index (χ0v) is 13.2. The van der Waals surface area contributed by atoms with E-state index >= 15 is 0 Å². The molecule has 2 aromatic carbocycles. The normalized spacial score (nSPS) is 12.1. The Labute approximate surface area is 122 Å². The smallest absolute Gasteiger partial charge is 0.120 e. The number of likely N-dealkylation sites (N-methyl/N-ethyl adjacent to an activating group) is 1. The number of fused-ring (bicyclic) bond motifs is 1. The van der Waals surface area contributed by atoms with E-state index in [1.807, 2.05) is 0 Å². The third-order valence-electron chi connectivity index (χ3n) is 3.48. The van der Waals surface area contributed by atoms with E-state index in [1.165, 1.54) is 16.3 Å². The van der Waals surface area contributed by atoms with Gasteiger partial charge in [-0.15, -0.1) is 0 Å². The van der Waals surface area contributed by atoms with Crippen molar-refractivity contribution < 1.29 is 4.74 Å². The number of benzene rings is 2. The van der Waals surface area contributed by atoms with Crippen molar-refractivity contribution in [3.8, 4) is 5.75 Å². The fraction of sp³-hybridized carbons (Fsp3) is 0.444. The van der Waals surface area contributed by atoms with Gasteiger partial charge in [-0.05, 0) is 48.0 Å². The Kier molecular flexibility index (Phi) is 4.34. The van der Waals surface area contributed by atoms with Crippen LogP contribution in [0.5, 0.6) is 5.75 Å². The van der Waals surface area contributed by atoms with Crippen molar-refractivity contribution in [3.05, 3.63) is 42.0 Å². The first-order valence-corrected chi connectivity index (χ1v) is 7.18. The molecule has 108 valence electrons. The van der Waals surface area contributed by atoms with Crippen LogP contribution in [-0.2, 0) is 5.41 Å². The van der Waals surface area contributed by atoms with E-state index in [-0.39, 0.29) is 5.41 Å². The maximum absolute atomic E-state index is 5.78. The lowest BCUT2D eigenvalue weighted by Crippen LogP contribution is -2.19. The van der Waals surface area contributed by atoms with Crippen LogP contribution in [0.1, 0.15) is 26.3 Å². The average molecular weight is 271 g/mol. The minimum absolute atomic E-state index is 0.190. The SMILES string of the molecule is CN(C)CCOc1ccc2cc(C(C)(C)C)ccc2c1. The second-order valence-electron chi connectivity index (χ2n) is 6.63. The van der Waals surface area contributed by atoms with Gasteiger partial charge in [-0.3, -0.25) is 0 Å². The molecule has 0 amide bonds. The number of rotatable bonds is 4. The highest BCUT2D eigenvalue weighted by Crippen LogP contribution is 2.28. The number of ether oxygens (including phenoxy) is 1. The molecule has 0 radical (unpaired) electrons. The van der Waals surface area contributed by atoms with E-state index in [9.17, 15) is 0 Å². The van der Waals surface area contributed by atoms with Crippen LogP contribution in [0.2, 0.25) is 0 Å². The standard InChI is InChI=1S/C18H25NO/c1-18(2,3)16-8-6-15-13-17(9-7-14(15)12-16)20-11-10-19(4)5/h6-9,12-13H,10-11H2,1-5H3. The summed E-state index contributed by atoms with van der Waals surface area (Å²) < 4.78 is 5.78. The highest BCUT2D eigenvalue weighted by molar-refractivity contribution is 5.84. The summed E-state index contributed by atoms with van der Waals surface area (Å²) in [4.78, 5) is 2.12. The maximum Gasteiger partial charge on any atom is 0.120 e. The zero-order valence-electron chi connectivity index (χ0n) is 13.2. The van der Waals surface area contributed by atoms with Crippen LogP contribution in [0.3, 0.4) is 0 Å². The Morgan fingerprint density at radius 2 is 1.60 bits per heavy atom. The minimum atomic E-state index is 0.190. The van der Waals surface area contributed by atoms with Crippen molar-refractivity contribution in [1.82, 2.24) is 4.90 Å². The summed E-state index contributed by atoms with van der Waals surface area (Å²) in [6, 6.07) is 13.0. The third-order valence-corrected chi connectivity index (χ3v) is 3.48. The van der Waals surface area contributed by atoms with Gasteiger partial charge in [0.05, 0.1) is 0 Å². The van der Waals surface area contributed by atoms with Gasteiger partial charge in [0.1, 0.15) is 12.4 Å². The minimum Gasteiger partial charge on any atom is -0.492 e. The number of hydrogen-bond donors (Lipinski definition) is 0.